The Morgan fingerprint density at radius 2 is 1.58 bits per heavy atom. The topological polar surface area (TPSA) is 26.3 Å². The number of carbonyl (C=O) groups excluding carboxylic acids is 1. The number of benzene rings is 2. The Labute approximate surface area is 152 Å². The first-order valence-electron chi connectivity index (χ1n) is 8.40. The average Bonchev–Trinajstić information content (AvgIpc) is 2.61. The van der Waals surface area contributed by atoms with E-state index < -0.39 is 8.07 Å². The van der Waals surface area contributed by atoms with E-state index in [9.17, 15) is 4.79 Å². The van der Waals surface area contributed by atoms with Crippen molar-refractivity contribution in [1.29, 1.82) is 0 Å². The number of carbonyl (C=O) groups is 1. The second kappa shape index (κ2) is 8.66. The molecule has 128 valence electrons. The van der Waals surface area contributed by atoms with Crippen molar-refractivity contribution in [1.82, 2.24) is 0 Å². The second-order valence-corrected chi connectivity index (χ2v) is 14.0. The summed E-state index contributed by atoms with van der Waals surface area (Å²) in [5.74, 6) is -0.0367. The molecule has 0 bridgehead atoms. The molecule has 2 atom stereocenters. The van der Waals surface area contributed by atoms with E-state index in [1.807, 2.05) is 25.1 Å². The van der Waals surface area contributed by atoms with Crippen molar-refractivity contribution in [3.05, 3.63) is 60.7 Å². The van der Waals surface area contributed by atoms with Gasteiger partial charge >= 0.3 is 153 Å². The van der Waals surface area contributed by atoms with E-state index in [0.29, 0.717) is 12.1 Å². The van der Waals surface area contributed by atoms with Crippen molar-refractivity contribution >= 4 is 38.6 Å². The standard InChI is InChI=1S/C20H26O2SeSi/c1-5-22-20(21)19(23-17-12-8-6-9-13-17)16(2)24(3,4)18-14-10-7-11-15-18/h6-16,19H,5H2,1-4H3/t16-,19?/m1/s1. The van der Waals surface area contributed by atoms with Gasteiger partial charge in [-0.1, -0.05) is 0 Å². The van der Waals surface area contributed by atoms with Crippen molar-refractivity contribution in [2.75, 3.05) is 6.61 Å². The molecule has 0 N–H and O–H groups in total. The molecule has 0 aliphatic rings. The number of esters is 1. The molecule has 4 heteroatoms. The predicted octanol–water partition coefficient (Wildman–Crippen LogP) is 3.37. The van der Waals surface area contributed by atoms with Gasteiger partial charge in [0.25, 0.3) is 0 Å². The quantitative estimate of drug-likeness (QED) is 0.522. The summed E-state index contributed by atoms with van der Waals surface area (Å²) >= 11 is 0.0754. The van der Waals surface area contributed by atoms with Gasteiger partial charge in [0.15, 0.2) is 0 Å². The monoisotopic (exact) mass is 406 g/mol. The molecule has 1 unspecified atom stereocenters. The van der Waals surface area contributed by atoms with Gasteiger partial charge in [0.05, 0.1) is 0 Å². The molecule has 0 heterocycles. The van der Waals surface area contributed by atoms with Crippen LogP contribution in [0.15, 0.2) is 60.7 Å². The van der Waals surface area contributed by atoms with E-state index in [-0.39, 0.29) is 25.7 Å². The Kier molecular flexibility index (Phi) is 6.85. The second-order valence-electron chi connectivity index (χ2n) is 6.48. The molecular weight excluding hydrogens is 379 g/mol. The molecule has 0 saturated carbocycles. The molecule has 0 saturated heterocycles. The summed E-state index contributed by atoms with van der Waals surface area (Å²) in [7, 11) is -1.78. The first kappa shape index (κ1) is 19.0. The fourth-order valence-corrected chi connectivity index (χ4v) is 9.75. The summed E-state index contributed by atoms with van der Waals surface area (Å²) in [5, 5.41) is 1.40. The van der Waals surface area contributed by atoms with Crippen LogP contribution in [-0.4, -0.2) is 35.6 Å². The Morgan fingerprint density at radius 3 is 2.12 bits per heavy atom. The van der Waals surface area contributed by atoms with Gasteiger partial charge in [0.2, 0.25) is 0 Å². The van der Waals surface area contributed by atoms with E-state index in [2.05, 4.69) is 62.5 Å². The minimum atomic E-state index is -1.78. The zero-order valence-electron chi connectivity index (χ0n) is 14.9. The molecule has 2 rings (SSSR count). The van der Waals surface area contributed by atoms with Gasteiger partial charge < -0.3 is 0 Å². The fourth-order valence-electron chi connectivity index (χ4n) is 2.73. The molecule has 0 radical (unpaired) electrons. The van der Waals surface area contributed by atoms with Crippen LogP contribution in [-0.2, 0) is 9.53 Å². The van der Waals surface area contributed by atoms with Crippen LogP contribution in [0.5, 0.6) is 0 Å². The molecule has 0 amide bonds. The van der Waals surface area contributed by atoms with Gasteiger partial charge in [-0.2, -0.15) is 0 Å². The molecule has 24 heavy (non-hydrogen) atoms. The number of hydrogen-bond donors (Lipinski definition) is 0. The van der Waals surface area contributed by atoms with Crippen molar-refractivity contribution in [2.24, 2.45) is 0 Å². The van der Waals surface area contributed by atoms with Crippen molar-refractivity contribution in [3.8, 4) is 0 Å². The van der Waals surface area contributed by atoms with E-state index in [0.717, 1.165) is 0 Å². The van der Waals surface area contributed by atoms with E-state index in [1.54, 1.807) is 0 Å². The van der Waals surface area contributed by atoms with Gasteiger partial charge in [-0.05, 0) is 0 Å². The summed E-state index contributed by atoms with van der Waals surface area (Å²) in [5.41, 5.74) is 0.319. The minimum absolute atomic E-state index is 0.0367. The molecule has 0 aliphatic carbocycles. The summed E-state index contributed by atoms with van der Waals surface area (Å²) in [6.07, 6.45) is 0. The molecule has 2 nitrogen and oxygen atoms in total. The molecule has 0 spiro atoms. The summed E-state index contributed by atoms with van der Waals surface area (Å²) in [4.78, 5) is 12.6. The maximum absolute atomic E-state index is 12.7. The molecule has 2 aromatic carbocycles. The van der Waals surface area contributed by atoms with Gasteiger partial charge in [-0.3, -0.25) is 0 Å². The van der Waals surface area contributed by atoms with E-state index in [1.165, 1.54) is 9.65 Å². The van der Waals surface area contributed by atoms with Crippen LogP contribution < -0.4 is 9.65 Å². The average molecular weight is 405 g/mol. The third-order valence-corrected chi connectivity index (χ3v) is 12.5. The van der Waals surface area contributed by atoms with Crippen LogP contribution in [0.25, 0.3) is 0 Å². The van der Waals surface area contributed by atoms with Gasteiger partial charge in [-0.25, -0.2) is 0 Å². The summed E-state index contributed by atoms with van der Waals surface area (Å²) in [6, 6.07) is 21.0. The summed E-state index contributed by atoms with van der Waals surface area (Å²) in [6.45, 7) is 9.29. The van der Waals surface area contributed by atoms with Crippen LogP contribution >= 0.6 is 0 Å². The van der Waals surface area contributed by atoms with Crippen LogP contribution in [0.3, 0.4) is 0 Å². The number of hydrogen-bond acceptors (Lipinski definition) is 2. The molecule has 2 aromatic rings. The predicted molar refractivity (Wildman–Crippen MR) is 105 cm³/mol. The fraction of sp³-hybridized carbons (Fsp3) is 0.350. The van der Waals surface area contributed by atoms with Crippen LogP contribution in [0, 0.1) is 0 Å². The Morgan fingerprint density at radius 1 is 1.04 bits per heavy atom. The number of ether oxygens (including phenoxy) is 1. The maximum atomic E-state index is 12.7. The summed E-state index contributed by atoms with van der Waals surface area (Å²) < 4.78 is 6.68. The first-order valence-corrected chi connectivity index (χ1v) is 13.3. The zero-order valence-corrected chi connectivity index (χ0v) is 17.6. The van der Waals surface area contributed by atoms with E-state index >= 15 is 0 Å². The number of rotatable bonds is 7. The third-order valence-electron chi connectivity index (χ3n) is 4.64. The third kappa shape index (κ3) is 4.59. The van der Waals surface area contributed by atoms with Gasteiger partial charge in [-0.15, -0.1) is 0 Å². The van der Waals surface area contributed by atoms with Crippen LogP contribution in [0.4, 0.5) is 0 Å². The van der Waals surface area contributed by atoms with Gasteiger partial charge in [0, 0.05) is 0 Å². The molecule has 0 aliphatic heterocycles. The van der Waals surface area contributed by atoms with Crippen molar-refractivity contribution in [2.45, 2.75) is 37.3 Å². The normalized spacial score (nSPS) is 14.0. The van der Waals surface area contributed by atoms with Crippen LogP contribution in [0.2, 0.25) is 23.5 Å². The van der Waals surface area contributed by atoms with E-state index in [4.69, 9.17) is 4.74 Å². The zero-order chi connectivity index (χ0) is 17.6. The molecular formula is C20H26O2SeSi. The molecule has 0 fully saturated rings. The van der Waals surface area contributed by atoms with Crippen molar-refractivity contribution in [3.63, 3.8) is 0 Å². The first-order chi connectivity index (χ1) is 11.5. The molecule has 0 aromatic heterocycles. The van der Waals surface area contributed by atoms with Crippen LogP contribution in [0.1, 0.15) is 13.8 Å². The Hall–Kier alpha value is -1.35. The van der Waals surface area contributed by atoms with Gasteiger partial charge in [0.1, 0.15) is 0 Å². The Balaban J connectivity index is 2.29. The SMILES string of the molecule is CCOC(=O)C([Se]c1ccccc1)[C@@H](C)[Si](C)(C)c1ccccc1. The van der Waals surface area contributed by atoms with Crippen molar-refractivity contribution < 1.29 is 9.53 Å². The Bertz CT molecular complexity index is 643.